The van der Waals surface area contributed by atoms with E-state index in [1.807, 2.05) is 12.1 Å². The van der Waals surface area contributed by atoms with Gasteiger partial charge in [0.1, 0.15) is 0 Å². The largest absolute Gasteiger partial charge is 0.502 e. The van der Waals surface area contributed by atoms with Gasteiger partial charge in [-0.15, -0.1) is 0 Å². The van der Waals surface area contributed by atoms with Crippen LogP contribution in [0.4, 0.5) is 0 Å². The number of hydrogen-bond donors (Lipinski definition) is 6. The van der Waals surface area contributed by atoms with E-state index in [1.54, 1.807) is 12.1 Å². The number of cyclic esters (lactones) is 1. The van der Waals surface area contributed by atoms with Crippen LogP contribution in [0.3, 0.4) is 0 Å². The molecule has 13 heteroatoms. The van der Waals surface area contributed by atoms with E-state index in [-0.39, 0.29) is 48.4 Å². The Bertz CT molecular complexity index is 1370. The molecule has 2 aromatic rings. The smallest absolute Gasteiger partial charge is 0.310 e. The van der Waals surface area contributed by atoms with Crippen LogP contribution in [0.5, 0.6) is 28.7 Å². The van der Waals surface area contributed by atoms with Crippen molar-refractivity contribution in [3.63, 3.8) is 0 Å². The van der Waals surface area contributed by atoms with Gasteiger partial charge in [-0.25, -0.2) is 0 Å². The number of phenols is 1. The number of benzene rings is 2. The van der Waals surface area contributed by atoms with Crippen molar-refractivity contribution in [3.05, 3.63) is 41.0 Å². The fourth-order valence-electron chi connectivity index (χ4n) is 6.90. The SMILES string of the molecule is COc1cc([C@@H]2c3cc4c(cc3[C@@H](NC(=O)CCCNCCCNCCCCNCCCN)[C@H]3COC(=O)[C@H]23)OCO4)cc(OC)c1O. The lowest BCUT2D eigenvalue weighted by molar-refractivity contribution is -0.141. The van der Waals surface area contributed by atoms with Gasteiger partial charge in [0.2, 0.25) is 18.4 Å². The molecule has 2 aromatic carbocycles. The molecule has 1 aliphatic carbocycles. The zero-order valence-corrected chi connectivity index (χ0v) is 28.1. The molecule has 2 heterocycles. The first-order valence-electron chi connectivity index (χ1n) is 17.1. The summed E-state index contributed by atoms with van der Waals surface area (Å²) in [4.78, 5) is 26.7. The molecule has 0 aromatic heterocycles. The Balaban J connectivity index is 1.17. The Labute approximate surface area is 282 Å². The number of esters is 1. The number of methoxy groups -OCH3 is 2. The highest BCUT2D eigenvalue weighted by Gasteiger charge is 2.53. The van der Waals surface area contributed by atoms with Crippen LogP contribution in [0.1, 0.15) is 67.2 Å². The summed E-state index contributed by atoms with van der Waals surface area (Å²) in [6.45, 7) is 6.62. The van der Waals surface area contributed by atoms with E-state index < -0.39 is 17.9 Å². The Hall–Kier alpha value is -3.78. The van der Waals surface area contributed by atoms with Crippen LogP contribution in [0.15, 0.2) is 24.3 Å². The molecule has 0 unspecified atom stereocenters. The van der Waals surface area contributed by atoms with E-state index in [0.717, 1.165) is 82.6 Å². The number of fused-ring (bicyclic) bond motifs is 3. The molecule has 0 radical (unpaired) electrons. The topological polar surface area (TPSA) is 175 Å². The predicted molar refractivity (Wildman–Crippen MR) is 180 cm³/mol. The van der Waals surface area contributed by atoms with E-state index in [4.69, 9.17) is 29.4 Å². The van der Waals surface area contributed by atoms with Crippen LogP contribution in [-0.2, 0) is 14.3 Å². The summed E-state index contributed by atoms with van der Waals surface area (Å²) < 4.78 is 27.9. The molecule has 1 fully saturated rings. The summed E-state index contributed by atoms with van der Waals surface area (Å²) in [6.07, 6.45) is 5.39. The van der Waals surface area contributed by atoms with E-state index in [2.05, 4.69) is 21.3 Å². The summed E-state index contributed by atoms with van der Waals surface area (Å²) in [5, 5.41) is 24.1. The number of rotatable bonds is 20. The fourth-order valence-corrected chi connectivity index (χ4v) is 6.90. The lowest BCUT2D eigenvalue weighted by Crippen LogP contribution is -2.43. The standard InChI is InChI=1S/C35H51N5O8/c1-44-28-16-22(17-29(45-2)34(28)42)31-23-18-26-27(48-21-47-26)19-24(23)33(25-20-46-35(43)32(25)31)40-30(41)8-5-12-39-15-7-14-38-11-4-3-10-37-13-6-9-36/h16-19,25,31-33,37-39,42H,3-15,20-21,36H2,1-2H3,(H,40,41)/t25-,31+,32-,33+/m0/s1. The van der Waals surface area contributed by atoms with E-state index in [9.17, 15) is 14.7 Å². The maximum Gasteiger partial charge on any atom is 0.310 e. The van der Waals surface area contributed by atoms with Crippen molar-refractivity contribution in [2.75, 3.05) is 73.4 Å². The van der Waals surface area contributed by atoms with Crippen LogP contribution in [-0.4, -0.2) is 90.4 Å². The molecule has 2 aliphatic heterocycles. The van der Waals surface area contributed by atoms with Crippen LogP contribution < -0.4 is 45.9 Å². The number of hydrogen-bond acceptors (Lipinski definition) is 12. The van der Waals surface area contributed by atoms with Crippen LogP contribution in [0.25, 0.3) is 0 Å². The first-order valence-corrected chi connectivity index (χ1v) is 17.1. The molecule has 4 atom stereocenters. The number of unbranched alkanes of at least 4 members (excludes halogenated alkanes) is 1. The number of phenolic OH excluding ortho intramolecular Hbond substituents is 1. The molecule has 5 rings (SSSR count). The van der Waals surface area contributed by atoms with Crippen LogP contribution in [0, 0.1) is 11.8 Å². The van der Waals surface area contributed by atoms with E-state index >= 15 is 0 Å². The fraction of sp³-hybridized carbons (Fsp3) is 0.600. The molecule has 7 N–H and O–H groups in total. The van der Waals surface area contributed by atoms with Crippen molar-refractivity contribution in [1.29, 1.82) is 0 Å². The normalized spacial score (nSPS) is 20.6. The van der Waals surface area contributed by atoms with Gasteiger partial charge < -0.3 is 55.8 Å². The summed E-state index contributed by atoms with van der Waals surface area (Å²) >= 11 is 0. The Kier molecular flexibility index (Phi) is 13.0. The Morgan fingerprint density at radius 2 is 1.42 bits per heavy atom. The van der Waals surface area contributed by atoms with Gasteiger partial charge in [0.15, 0.2) is 23.0 Å². The van der Waals surface area contributed by atoms with Gasteiger partial charge in [0.25, 0.3) is 0 Å². The molecule has 264 valence electrons. The van der Waals surface area contributed by atoms with Crippen molar-refractivity contribution < 1.29 is 38.4 Å². The molecule has 0 bridgehead atoms. The summed E-state index contributed by atoms with van der Waals surface area (Å²) in [5.74, 6) is -0.306. The van der Waals surface area contributed by atoms with Crippen molar-refractivity contribution in [2.45, 2.75) is 50.5 Å². The Morgan fingerprint density at radius 3 is 2.04 bits per heavy atom. The van der Waals surface area contributed by atoms with Crippen LogP contribution >= 0.6 is 0 Å². The number of nitrogens with two attached hydrogens (primary N) is 1. The predicted octanol–water partition coefficient (Wildman–Crippen LogP) is 2.30. The second kappa shape index (κ2) is 17.6. The number of carbonyl (C=O) groups excluding carboxylic acids is 2. The van der Waals surface area contributed by atoms with Crippen molar-refractivity contribution in [1.82, 2.24) is 21.3 Å². The number of amides is 1. The molecule has 3 aliphatic rings. The molecule has 1 amide bonds. The highest BCUT2D eigenvalue weighted by atomic mass is 16.7. The highest BCUT2D eigenvalue weighted by molar-refractivity contribution is 5.81. The van der Waals surface area contributed by atoms with Crippen molar-refractivity contribution in [3.8, 4) is 28.7 Å². The first-order chi connectivity index (χ1) is 23.5. The van der Waals surface area contributed by atoms with Gasteiger partial charge in [-0.05, 0) is 119 Å². The molecule has 48 heavy (non-hydrogen) atoms. The van der Waals surface area contributed by atoms with Gasteiger partial charge in [-0.1, -0.05) is 0 Å². The third-order valence-electron chi connectivity index (χ3n) is 9.34. The van der Waals surface area contributed by atoms with Gasteiger partial charge in [-0.2, -0.15) is 0 Å². The average Bonchev–Trinajstić information content (AvgIpc) is 3.72. The second-order valence-corrected chi connectivity index (χ2v) is 12.5. The van der Waals surface area contributed by atoms with E-state index in [1.165, 1.54) is 14.2 Å². The summed E-state index contributed by atoms with van der Waals surface area (Å²) in [5.41, 5.74) is 7.88. The van der Waals surface area contributed by atoms with Gasteiger partial charge in [0.05, 0.1) is 32.8 Å². The number of ether oxygens (including phenoxy) is 5. The minimum absolute atomic E-state index is 0.0888. The maximum absolute atomic E-state index is 13.4. The summed E-state index contributed by atoms with van der Waals surface area (Å²) in [7, 11) is 2.93. The molecular formula is C35H51N5O8. The lowest BCUT2D eigenvalue weighted by atomic mass is 9.65. The Morgan fingerprint density at radius 1 is 0.833 bits per heavy atom. The molecular weight excluding hydrogens is 618 g/mol. The quantitative estimate of drug-likeness (QED) is 0.0898. The third kappa shape index (κ3) is 8.43. The number of nitrogens with one attached hydrogen (secondary N) is 4. The molecule has 0 spiro atoms. The van der Waals surface area contributed by atoms with Crippen molar-refractivity contribution >= 4 is 11.9 Å². The van der Waals surface area contributed by atoms with Crippen LogP contribution in [0.2, 0.25) is 0 Å². The van der Waals surface area contributed by atoms with Gasteiger partial charge >= 0.3 is 5.97 Å². The zero-order chi connectivity index (χ0) is 33.9. The summed E-state index contributed by atoms with van der Waals surface area (Å²) in [6, 6.07) is 6.75. The maximum atomic E-state index is 13.4. The van der Waals surface area contributed by atoms with E-state index in [0.29, 0.717) is 29.9 Å². The highest BCUT2D eigenvalue weighted by Crippen LogP contribution is 2.55. The monoisotopic (exact) mass is 669 g/mol. The third-order valence-corrected chi connectivity index (χ3v) is 9.34. The number of aromatic hydroxyl groups is 1. The lowest BCUT2D eigenvalue weighted by Gasteiger charge is -2.39. The molecule has 1 saturated heterocycles. The van der Waals surface area contributed by atoms with Gasteiger partial charge in [0, 0.05) is 18.3 Å². The van der Waals surface area contributed by atoms with Gasteiger partial charge in [-0.3, -0.25) is 9.59 Å². The zero-order valence-electron chi connectivity index (χ0n) is 28.1. The first kappa shape index (κ1) is 35.5. The second-order valence-electron chi connectivity index (χ2n) is 12.5. The van der Waals surface area contributed by atoms with Crippen molar-refractivity contribution in [2.24, 2.45) is 17.6 Å². The molecule has 0 saturated carbocycles. The molecule has 13 nitrogen and oxygen atoms in total. The minimum atomic E-state index is -0.588. The number of carbonyl (C=O) groups is 2. The average molecular weight is 670 g/mol. The minimum Gasteiger partial charge on any atom is -0.502 e.